The molecule has 0 radical (unpaired) electrons. The van der Waals surface area contributed by atoms with E-state index in [9.17, 15) is 18.4 Å². The maximum Gasteiger partial charge on any atom is 0.261 e. The summed E-state index contributed by atoms with van der Waals surface area (Å²) in [5.74, 6) is -0.936. The van der Waals surface area contributed by atoms with Crippen LogP contribution in [0.25, 0.3) is 0 Å². The molecular weight excluding hydrogens is 258 g/mol. The lowest BCUT2D eigenvalue weighted by atomic mass is 10.1. The summed E-state index contributed by atoms with van der Waals surface area (Å²) in [6.07, 6.45) is -2.57. The van der Waals surface area contributed by atoms with E-state index >= 15 is 0 Å². The summed E-state index contributed by atoms with van der Waals surface area (Å²) in [6.45, 7) is -0.889. The van der Waals surface area contributed by atoms with Crippen molar-refractivity contribution in [2.24, 2.45) is 0 Å². The molecule has 1 aliphatic heterocycles. The van der Waals surface area contributed by atoms with Crippen LogP contribution in [-0.2, 0) is 4.74 Å². The topological polar surface area (TPSA) is 72.6 Å². The van der Waals surface area contributed by atoms with Gasteiger partial charge >= 0.3 is 0 Å². The molecule has 102 valence electrons. The van der Waals surface area contributed by atoms with Crippen molar-refractivity contribution in [3.05, 3.63) is 29.3 Å². The van der Waals surface area contributed by atoms with Crippen molar-refractivity contribution in [3.63, 3.8) is 0 Å². The number of ether oxygens (including phenoxy) is 1. The Kier molecular flexibility index (Phi) is 3.75. The molecule has 0 atom stereocenters. The maximum absolute atomic E-state index is 11.9. The molecule has 7 heteroatoms. The van der Waals surface area contributed by atoms with Gasteiger partial charge in [0.25, 0.3) is 18.2 Å². The Morgan fingerprint density at radius 3 is 2.58 bits per heavy atom. The third-order valence-electron chi connectivity index (χ3n) is 2.70. The molecule has 19 heavy (non-hydrogen) atoms. The molecule has 0 bridgehead atoms. The van der Waals surface area contributed by atoms with E-state index in [-0.39, 0.29) is 24.3 Å². The van der Waals surface area contributed by atoms with E-state index in [1.165, 1.54) is 18.2 Å². The highest BCUT2D eigenvalue weighted by Crippen LogP contribution is 2.24. The molecule has 0 spiro atoms. The largest absolute Gasteiger partial charge is 0.399 e. The molecule has 0 fully saturated rings. The summed E-state index contributed by atoms with van der Waals surface area (Å²) in [7, 11) is 0. The van der Waals surface area contributed by atoms with E-state index in [1.807, 2.05) is 0 Å². The van der Waals surface area contributed by atoms with Gasteiger partial charge in [-0.3, -0.25) is 14.5 Å². The Morgan fingerprint density at radius 2 is 1.89 bits per heavy atom. The molecule has 2 amide bonds. The Bertz CT molecular complexity index is 520. The predicted molar refractivity (Wildman–Crippen MR) is 63.0 cm³/mol. The van der Waals surface area contributed by atoms with Crippen molar-refractivity contribution >= 4 is 17.5 Å². The number of benzene rings is 1. The number of amides is 2. The van der Waals surface area contributed by atoms with E-state index < -0.39 is 24.8 Å². The molecule has 1 aliphatic rings. The quantitative estimate of drug-likeness (QED) is 0.495. The van der Waals surface area contributed by atoms with Gasteiger partial charge in [-0.1, -0.05) is 0 Å². The minimum Gasteiger partial charge on any atom is -0.399 e. The molecule has 2 rings (SSSR count). The summed E-state index contributed by atoms with van der Waals surface area (Å²) in [4.78, 5) is 24.8. The number of fused-ring (bicyclic) bond motifs is 1. The van der Waals surface area contributed by atoms with Gasteiger partial charge in [-0.15, -0.1) is 0 Å². The first-order valence-electron chi connectivity index (χ1n) is 5.62. The van der Waals surface area contributed by atoms with Crippen LogP contribution in [0.1, 0.15) is 20.7 Å². The van der Waals surface area contributed by atoms with Crippen molar-refractivity contribution < 1.29 is 23.1 Å². The van der Waals surface area contributed by atoms with Crippen LogP contribution < -0.4 is 5.73 Å². The molecule has 0 saturated heterocycles. The standard InChI is InChI=1S/C12H12F2N2O3/c13-10(14)6-19-4-3-16-11(17)8-2-1-7(15)5-9(8)12(16)18/h1-2,5,10H,3-4,6,15H2. The number of nitrogens with zero attached hydrogens (tertiary/aromatic N) is 1. The molecular formula is C12H12F2N2O3. The lowest BCUT2D eigenvalue weighted by Gasteiger charge is -2.13. The molecule has 0 aliphatic carbocycles. The van der Waals surface area contributed by atoms with Crippen molar-refractivity contribution in [3.8, 4) is 0 Å². The molecule has 0 aromatic heterocycles. The van der Waals surface area contributed by atoms with E-state index in [0.29, 0.717) is 5.69 Å². The van der Waals surface area contributed by atoms with E-state index in [0.717, 1.165) is 4.90 Å². The summed E-state index contributed by atoms with van der Waals surface area (Å²) in [6, 6.07) is 4.43. The van der Waals surface area contributed by atoms with Crippen LogP contribution in [0, 0.1) is 0 Å². The van der Waals surface area contributed by atoms with Crippen LogP contribution in [-0.4, -0.2) is 42.9 Å². The fourth-order valence-electron chi connectivity index (χ4n) is 1.84. The van der Waals surface area contributed by atoms with Crippen LogP contribution in [0.5, 0.6) is 0 Å². The minimum absolute atomic E-state index is 0.0566. The van der Waals surface area contributed by atoms with Crippen molar-refractivity contribution in [1.82, 2.24) is 4.90 Å². The van der Waals surface area contributed by atoms with Gasteiger partial charge in [0.1, 0.15) is 6.61 Å². The number of halogens is 2. The Labute approximate surface area is 107 Å². The zero-order valence-electron chi connectivity index (χ0n) is 9.94. The predicted octanol–water partition coefficient (Wildman–Crippen LogP) is 1.15. The van der Waals surface area contributed by atoms with Gasteiger partial charge in [0, 0.05) is 5.69 Å². The lowest BCUT2D eigenvalue weighted by Crippen LogP contribution is -2.33. The summed E-state index contributed by atoms with van der Waals surface area (Å²) < 4.78 is 28.4. The number of hydrogen-bond acceptors (Lipinski definition) is 4. The van der Waals surface area contributed by atoms with Gasteiger partial charge in [-0.2, -0.15) is 0 Å². The molecule has 2 N–H and O–H groups in total. The Balaban J connectivity index is 2.02. The normalized spacial score (nSPS) is 14.4. The zero-order chi connectivity index (χ0) is 14.0. The average molecular weight is 270 g/mol. The number of carbonyl (C=O) groups excluding carboxylic acids is 2. The second-order valence-electron chi connectivity index (χ2n) is 4.03. The smallest absolute Gasteiger partial charge is 0.261 e. The van der Waals surface area contributed by atoms with E-state index in [4.69, 9.17) is 5.73 Å². The molecule has 1 heterocycles. The Hall–Kier alpha value is -2.02. The Morgan fingerprint density at radius 1 is 1.21 bits per heavy atom. The molecule has 1 aromatic carbocycles. The SMILES string of the molecule is Nc1ccc2c(c1)C(=O)N(CCOCC(F)F)C2=O. The number of carbonyl (C=O) groups is 2. The van der Waals surface area contributed by atoms with Gasteiger partial charge in [0.05, 0.1) is 24.3 Å². The highest BCUT2D eigenvalue weighted by Gasteiger charge is 2.35. The van der Waals surface area contributed by atoms with Crippen molar-refractivity contribution in [1.29, 1.82) is 0 Å². The first-order chi connectivity index (χ1) is 9.00. The number of hydrogen-bond donors (Lipinski definition) is 1. The summed E-state index contributed by atoms with van der Waals surface area (Å²) in [5.41, 5.74) is 6.44. The average Bonchev–Trinajstić information content (AvgIpc) is 2.58. The number of alkyl halides is 2. The second kappa shape index (κ2) is 5.31. The number of anilines is 1. The molecule has 5 nitrogen and oxygen atoms in total. The van der Waals surface area contributed by atoms with E-state index in [1.54, 1.807) is 0 Å². The van der Waals surface area contributed by atoms with Gasteiger partial charge in [-0.05, 0) is 18.2 Å². The molecule has 0 saturated carbocycles. The van der Waals surface area contributed by atoms with Gasteiger partial charge < -0.3 is 10.5 Å². The third kappa shape index (κ3) is 2.70. The number of nitrogen functional groups attached to an aromatic ring is 1. The van der Waals surface area contributed by atoms with Crippen molar-refractivity contribution in [2.75, 3.05) is 25.5 Å². The highest BCUT2D eigenvalue weighted by molar-refractivity contribution is 6.21. The summed E-state index contributed by atoms with van der Waals surface area (Å²) >= 11 is 0. The molecule has 1 aromatic rings. The number of imide groups is 1. The van der Waals surface area contributed by atoms with Crippen LogP contribution in [0.15, 0.2) is 18.2 Å². The number of nitrogens with two attached hydrogens (primary N) is 1. The fraction of sp³-hybridized carbons (Fsp3) is 0.333. The van der Waals surface area contributed by atoms with Crippen molar-refractivity contribution in [2.45, 2.75) is 6.43 Å². The summed E-state index contributed by atoms with van der Waals surface area (Å²) in [5, 5.41) is 0. The van der Waals surface area contributed by atoms with Crippen LogP contribution in [0.2, 0.25) is 0 Å². The van der Waals surface area contributed by atoms with Crippen LogP contribution >= 0.6 is 0 Å². The van der Waals surface area contributed by atoms with Gasteiger partial charge in [-0.25, -0.2) is 8.78 Å². The molecule has 0 unspecified atom stereocenters. The zero-order valence-corrected chi connectivity index (χ0v) is 9.94. The van der Waals surface area contributed by atoms with Gasteiger partial charge in [0.2, 0.25) is 0 Å². The maximum atomic E-state index is 11.9. The third-order valence-corrected chi connectivity index (χ3v) is 2.70. The fourth-order valence-corrected chi connectivity index (χ4v) is 1.84. The highest BCUT2D eigenvalue weighted by atomic mass is 19.3. The first-order valence-corrected chi connectivity index (χ1v) is 5.62. The monoisotopic (exact) mass is 270 g/mol. The first kappa shape index (κ1) is 13.4. The lowest BCUT2D eigenvalue weighted by molar-refractivity contribution is 0.0112. The van der Waals surface area contributed by atoms with Crippen LogP contribution in [0.3, 0.4) is 0 Å². The number of rotatable bonds is 5. The van der Waals surface area contributed by atoms with E-state index in [2.05, 4.69) is 4.74 Å². The van der Waals surface area contributed by atoms with Gasteiger partial charge in [0.15, 0.2) is 0 Å². The minimum atomic E-state index is -2.57. The second-order valence-corrected chi connectivity index (χ2v) is 4.03. The van der Waals surface area contributed by atoms with Crippen LogP contribution in [0.4, 0.5) is 14.5 Å².